The molecular weight excluding hydrogens is 218 g/mol. The highest BCUT2D eigenvalue weighted by atomic mass is 16.5. The molecule has 5 heteroatoms. The second-order valence-corrected chi connectivity index (χ2v) is 4.45. The molecular formula is C12H25N3O2. The molecule has 100 valence electrons. The monoisotopic (exact) mass is 243 g/mol. The molecule has 1 amide bonds. The van der Waals surface area contributed by atoms with Crippen LogP contribution in [0.4, 0.5) is 0 Å². The Bertz CT molecular complexity index is 204. The molecule has 0 saturated carbocycles. The van der Waals surface area contributed by atoms with Crippen LogP contribution < -0.4 is 11.1 Å². The molecule has 1 rings (SSSR count). The summed E-state index contributed by atoms with van der Waals surface area (Å²) in [5.74, 6) is -0.0479. The van der Waals surface area contributed by atoms with Crippen LogP contribution in [0.25, 0.3) is 0 Å². The molecule has 0 radical (unpaired) electrons. The third kappa shape index (κ3) is 7.31. The minimum Gasteiger partial charge on any atom is -0.370 e. The fourth-order valence-electron chi connectivity index (χ4n) is 2.01. The number of likely N-dealkylation sites (tertiary alicyclic amines) is 1. The van der Waals surface area contributed by atoms with E-state index in [-0.39, 0.29) is 12.5 Å². The molecule has 0 aromatic heterocycles. The van der Waals surface area contributed by atoms with Crippen molar-refractivity contribution in [3.63, 3.8) is 0 Å². The first kappa shape index (κ1) is 14.4. The van der Waals surface area contributed by atoms with Crippen molar-refractivity contribution in [2.45, 2.75) is 25.7 Å². The van der Waals surface area contributed by atoms with Gasteiger partial charge in [-0.15, -0.1) is 0 Å². The number of nitrogens with two attached hydrogens (primary N) is 1. The number of rotatable bonds is 7. The Morgan fingerprint density at radius 1 is 1.24 bits per heavy atom. The molecule has 17 heavy (non-hydrogen) atoms. The first-order chi connectivity index (χ1) is 8.33. The minimum atomic E-state index is -0.0479. The van der Waals surface area contributed by atoms with Crippen LogP contribution in [0, 0.1) is 0 Å². The number of nitrogens with one attached hydrogen (secondary N) is 1. The van der Waals surface area contributed by atoms with E-state index in [9.17, 15) is 4.79 Å². The maximum Gasteiger partial charge on any atom is 0.246 e. The van der Waals surface area contributed by atoms with Crippen molar-refractivity contribution in [3.8, 4) is 0 Å². The quantitative estimate of drug-likeness (QED) is 0.615. The van der Waals surface area contributed by atoms with E-state index in [0.717, 1.165) is 6.54 Å². The number of hydrogen-bond acceptors (Lipinski definition) is 4. The summed E-state index contributed by atoms with van der Waals surface area (Å²) >= 11 is 0. The normalized spacial score (nSPS) is 17.7. The molecule has 1 heterocycles. The van der Waals surface area contributed by atoms with Crippen LogP contribution in [0.2, 0.25) is 0 Å². The SMILES string of the molecule is NCCOCC(=O)NCCN1CCCCCC1. The molecule has 0 atom stereocenters. The van der Waals surface area contributed by atoms with Gasteiger partial charge in [0.25, 0.3) is 0 Å². The van der Waals surface area contributed by atoms with Crippen LogP contribution in [-0.2, 0) is 9.53 Å². The summed E-state index contributed by atoms with van der Waals surface area (Å²) in [5.41, 5.74) is 5.26. The van der Waals surface area contributed by atoms with Gasteiger partial charge in [-0.05, 0) is 25.9 Å². The van der Waals surface area contributed by atoms with E-state index in [1.807, 2.05) is 0 Å². The lowest BCUT2D eigenvalue weighted by molar-refractivity contribution is -0.125. The summed E-state index contributed by atoms with van der Waals surface area (Å²) in [5, 5.41) is 2.86. The lowest BCUT2D eigenvalue weighted by Crippen LogP contribution is -2.37. The molecule has 3 N–H and O–H groups in total. The van der Waals surface area contributed by atoms with Crippen molar-refractivity contribution in [2.75, 3.05) is 45.9 Å². The lowest BCUT2D eigenvalue weighted by atomic mass is 10.2. The maximum absolute atomic E-state index is 11.3. The largest absolute Gasteiger partial charge is 0.370 e. The molecule has 1 fully saturated rings. The summed E-state index contributed by atoms with van der Waals surface area (Å²) in [6, 6.07) is 0. The van der Waals surface area contributed by atoms with E-state index >= 15 is 0 Å². The van der Waals surface area contributed by atoms with Gasteiger partial charge in [0, 0.05) is 19.6 Å². The molecule has 1 aliphatic rings. The van der Waals surface area contributed by atoms with E-state index in [1.54, 1.807) is 0 Å². The summed E-state index contributed by atoms with van der Waals surface area (Å²) in [6.45, 7) is 5.02. The van der Waals surface area contributed by atoms with Gasteiger partial charge in [0.2, 0.25) is 5.91 Å². The maximum atomic E-state index is 11.3. The third-order valence-corrected chi connectivity index (χ3v) is 2.94. The average molecular weight is 243 g/mol. The predicted octanol–water partition coefficient (Wildman–Crippen LogP) is -0.0461. The second kappa shape index (κ2) is 9.39. The van der Waals surface area contributed by atoms with Gasteiger partial charge in [-0.25, -0.2) is 0 Å². The Labute approximate surface area is 104 Å². The number of carbonyl (C=O) groups excluding carboxylic acids is 1. The van der Waals surface area contributed by atoms with Crippen LogP contribution in [-0.4, -0.2) is 56.7 Å². The van der Waals surface area contributed by atoms with Gasteiger partial charge in [0.1, 0.15) is 6.61 Å². The Hall–Kier alpha value is -0.650. The predicted molar refractivity (Wildman–Crippen MR) is 67.8 cm³/mol. The zero-order chi connectivity index (χ0) is 12.3. The van der Waals surface area contributed by atoms with Crippen LogP contribution >= 0.6 is 0 Å². The number of hydrogen-bond donors (Lipinski definition) is 2. The van der Waals surface area contributed by atoms with Gasteiger partial charge < -0.3 is 20.7 Å². The zero-order valence-corrected chi connectivity index (χ0v) is 10.6. The van der Waals surface area contributed by atoms with E-state index in [4.69, 9.17) is 10.5 Å². The molecule has 0 bridgehead atoms. The molecule has 0 aliphatic carbocycles. The van der Waals surface area contributed by atoms with Crippen molar-refractivity contribution in [1.29, 1.82) is 0 Å². The van der Waals surface area contributed by atoms with Crippen LogP contribution in [0.5, 0.6) is 0 Å². The van der Waals surface area contributed by atoms with Gasteiger partial charge in [0.05, 0.1) is 6.61 Å². The molecule has 0 aromatic carbocycles. The van der Waals surface area contributed by atoms with Crippen LogP contribution in [0.15, 0.2) is 0 Å². The van der Waals surface area contributed by atoms with Gasteiger partial charge in [-0.3, -0.25) is 4.79 Å². The first-order valence-electron chi connectivity index (χ1n) is 6.60. The van der Waals surface area contributed by atoms with Crippen molar-refractivity contribution in [2.24, 2.45) is 5.73 Å². The summed E-state index contributed by atoms with van der Waals surface area (Å²) < 4.78 is 5.06. The zero-order valence-electron chi connectivity index (χ0n) is 10.6. The lowest BCUT2D eigenvalue weighted by Gasteiger charge is -2.19. The number of nitrogens with zero attached hydrogens (tertiary/aromatic N) is 1. The Morgan fingerprint density at radius 2 is 1.94 bits per heavy atom. The fraction of sp³-hybridized carbons (Fsp3) is 0.917. The molecule has 0 unspecified atom stereocenters. The molecule has 0 spiro atoms. The smallest absolute Gasteiger partial charge is 0.246 e. The number of ether oxygens (including phenoxy) is 1. The standard InChI is InChI=1S/C12H25N3O2/c13-5-10-17-11-12(16)14-6-9-15-7-3-1-2-4-8-15/h1-11,13H2,(H,14,16). The molecule has 1 aliphatic heterocycles. The Morgan fingerprint density at radius 3 is 2.59 bits per heavy atom. The van der Waals surface area contributed by atoms with Gasteiger partial charge in [0.15, 0.2) is 0 Å². The number of carbonyl (C=O) groups is 1. The first-order valence-corrected chi connectivity index (χ1v) is 6.60. The second-order valence-electron chi connectivity index (χ2n) is 4.45. The highest BCUT2D eigenvalue weighted by molar-refractivity contribution is 5.77. The van der Waals surface area contributed by atoms with E-state index in [0.29, 0.717) is 19.7 Å². The Kier molecular flexibility index (Phi) is 7.96. The van der Waals surface area contributed by atoms with Crippen molar-refractivity contribution in [1.82, 2.24) is 10.2 Å². The van der Waals surface area contributed by atoms with E-state index in [2.05, 4.69) is 10.2 Å². The fourth-order valence-corrected chi connectivity index (χ4v) is 2.01. The Balaban J connectivity index is 1.99. The number of amides is 1. The topological polar surface area (TPSA) is 67.6 Å². The minimum absolute atomic E-state index is 0.0479. The summed E-state index contributed by atoms with van der Waals surface area (Å²) in [4.78, 5) is 13.8. The van der Waals surface area contributed by atoms with Gasteiger partial charge in [-0.2, -0.15) is 0 Å². The van der Waals surface area contributed by atoms with Crippen molar-refractivity contribution >= 4 is 5.91 Å². The van der Waals surface area contributed by atoms with Gasteiger partial charge in [-0.1, -0.05) is 12.8 Å². The van der Waals surface area contributed by atoms with E-state index in [1.165, 1.54) is 38.8 Å². The summed E-state index contributed by atoms with van der Waals surface area (Å²) in [7, 11) is 0. The molecule has 0 aromatic rings. The van der Waals surface area contributed by atoms with E-state index < -0.39 is 0 Å². The van der Waals surface area contributed by atoms with Crippen molar-refractivity contribution in [3.05, 3.63) is 0 Å². The molecule has 5 nitrogen and oxygen atoms in total. The van der Waals surface area contributed by atoms with Crippen LogP contribution in [0.3, 0.4) is 0 Å². The average Bonchev–Trinajstić information content (AvgIpc) is 2.58. The highest BCUT2D eigenvalue weighted by Crippen LogP contribution is 2.08. The van der Waals surface area contributed by atoms with Gasteiger partial charge >= 0.3 is 0 Å². The van der Waals surface area contributed by atoms with Crippen molar-refractivity contribution < 1.29 is 9.53 Å². The summed E-state index contributed by atoms with van der Waals surface area (Å²) in [6.07, 6.45) is 5.26. The highest BCUT2D eigenvalue weighted by Gasteiger charge is 2.08. The third-order valence-electron chi connectivity index (χ3n) is 2.94. The van der Waals surface area contributed by atoms with Crippen LogP contribution in [0.1, 0.15) is 25.7 Å². The molecule has 1 saturated heterocycles.